The molecule has 0 unspecified atom stereocenters. The summed E-state index contributed by atoms with van der Waals surface area (Å²) in [5.74, 6) is 1.76. The molecule has 2 aliphatic rings. The van der Waals surface area contributed by atoms with Crippen LogP contribution in [-0.4, -0.2) is 22.5 Å². The maximum atomic E-state index is 12.4. The zero-order chi connectivity index (χ0) is 20.6. The third kappa shape index (κ3) is 3.16. The van der Waals surface area contributed by atoms with Crippen molar-refractivity contribution in [1.82, 2.24) is 9.13 Å². The fourth-order valence-corrected chi connectivity index (χ4v) is 4.43. The minimum Gasteiger partial charge on any atom is -0.454 e. The van der Waals surface area contributed by atoms with Gasteiger partial charge >= 0.3 is 5.69 Å². The van der Waals surface area contributed by atoms with Crippen LogP contribution in [0.3, 0.4) is 0 Å². The lowest BCUT2D eigenvalue weighted by atomic mass is 9.69. The second-order valence-corrected chi connectivity index (χ2v) is 7.80. The quantitative estimate of drug-likeness (QED) is 0.849. The van der Waals surface area contributed by atoms with Crippen molar-refractivity contribution >= 4 is 5.82 Å². The second-order valence-electron chi connectivity index (χ2n) is 7.80. The third-order valence-corrected chi connectivity index (χ3v) is 6.17. The van der Waals surface area contributed by atoms with E-state index in [0.29, 0.717) is 6.54 Å². The van der Waals surface area contributed by atoms with E-state index in [-0.39, 0.29) is 23.6 Å². The van der Waals surface area contributed by atoms with Gasteiger partial charge in [-0.05, 0) is 30.5 Å². The molecule has 1 saturated carbocycles. The van der Waals surface area contributed by atoms with Crippen LogP contribution < -0.4 is 26.0 Å². The summed E-state index contributed by atoms with van der Waals surface area (Å²) in [6, 6.07) is 7.98. The van der Waals surface area contributed by atoms with Crippen LogP contribution in [0.5, 0.6) is 11.5 Å². The maximum absolute atomic E-state index is 12.4. The second kappa shape index (κ2) is 7.32. The number of anilines is 1. The minimum absolute atomic E-state index is 0.0498. The summed E-state index contributed by atoms with van der Waals surface area (Å²) in [7, 11) is 2.95. The number of ether oxygens (including phenoxy) is 2. The molecule has 0 amide bonds. The molecule has 0 radical (unpaired) electrons. The van der Waals surface area contributed by atoms with E-state index in [9.17, 15) is 14.9 Å². The van der Waals surface area contributed by atoms with Crippen LogP contribution in [0.4, 0.5) is 5.82 Å². The number of aromatic nitrogens is 2. The van der Waals surface area contributed by atoms with Gasteiger partial charge in [-0.15, -0.1) is 0 Å². The van der Waals surface area contributed by atoms with Crippen LogP contribution in [0.1, 0.15) is 43.2 Å². The van der Waals surface area contributed by atoms with E-state index in [1.165, 1.54) is 18.0 Å². The predicted octanol–water partition coefficient (Wildman–Crippen LogP) is 2.00. The van der Waals surface area contributed by atoms with Crippen molar-refractivity contribution in [2.24, 2.45) is 14.1 Å². The van der Waals surface area contributed by atoms with Crippen LogP contribution in [0.15, 0.2) is 27.8 Å². The summed E-state index contributed by atoms with van der Waals surface area (Å²) < 4.78 is 13.3. The Morgan fingerprint density at radius 2 is 1.83 bits per heavy atom. The molecule has 8 heteroatoms. The highest BCUT2D eigenvalue weighted by Gasteiger charge is 2.35. The van der Waals surface area contributed by atoms with E-state index >= 15 is 0 Å². The first kappa shape index (κ1) is 19.1. The molecule has 2 aromatic rings. The van der Waals surface area contributed by atoms with Crippen LogP contribution in [0.2, 0.25) is 0 Å². The molecule has 1 aliphatic carbocycles. The van der Waals surface area contributed by atoms with Crippen molar-refractivity contribution in [3.05, 3.63) is 50.2 Å². The van der Waals surface area contributed by atoms with Gasteiger partial charge in [0.25, 0.3) is 5.56 Å². The van der Waals surface area contributed by atoms with Gasteiger partial charge in [0.2, 0.25) is 6.79 Å². The standard InChI is InChI=1S/C21H24N4O4/c1-24-18(15(11-22)19(26)25(2)20(24)27)23-12-21(8-4-3-5-9-21)14-6-7-16-17(10-14)29-13-28-16/h6-7,10,23H,3-5,8-9,12-13H2,1-2H3. The Balaban J connectivity index is 1.72. The van der Waals surface area contributed by atoms with E-state index in [1.807, 2.05) is 18.2 Å². The summed E-state index contributed by atoms with van der Waals surface area (Å²) in [5.41, 5.74) is -0.132. The molecule has 1 aliphatic heterocycles. The van der Waals surface area contributed by atoms with Crippen LogP contribution >= 0.6 is 0 Å². The Bertz CT molecular complexity index is 1100. The number of nitrogens with one attached hydrogen (secondary N) is 1. The van der Waals surface area contributed by atoms with E-state index in [2.05, 4.69) is 11.4 Å². The molecule has 152 valence electrons. The van der Waals surface area contributed by atoms with Gasteiger partial charge in [0.05, 0.1) is 0 Å². The summed E-state index contributed by atoms with van der Waals surface area (Å²) in [6.45, 7) is 0.743. The topological polar surface area (TPSA) is 98.3 Å². The minimum atomic E-state index is -0.584. The van der Waals surface area contributed by atoms with Crippen molar-refractivity contribution in [2.45, 2.75) is 37.5 Å². The lowest BCUT2D eigenvalue weighted by Gasteiger charge is -2.38. The average Bonchev–Trinajstić information content (AvgIpc) is 3.22. The molecule has 1 aromatic heterocycles. The molecular formula is C21H24N4O4. The molecule has 1 fully saturated rings. The lowest BCUT2D eigenvalue weighted by molar-refractivity contribution is 0.174. The molecule has 8 nitrogen and oxygen atoms in total. The lowest BCUT2D eigenvalue weighted by Crippen LogP contribution is -2.42. The molecule has 2 heterocycles. The zero-order valence-corrected chi connectivity index (χ0v) is 16.7. The van der Waals surface area contributed by atoms with E-state index < -0.39 is 11.2 Å². The number of rotatable bonds is 4. The molecule has 0 bridgehead atoms. The first-order chi connectivity index (χ1) is 14.0. The highest BCUT2D eigenvalue weighted by atomic mass is 16.7. The molecule has 0 spiro atoms. The average molecular weight is 396 g/mol. The Labute approximate surface area is 168 Å². The Hall–Kier alpha value is -3.21. The summed E-state index contributed by atoms with van der Waals surface area (Å²) in [6.07, 6.45) is 5.31. The third-order valence-electron chi connectivity index (χ3n) is 6.17. The number of benzene rings is 1. The molecule has 4 rings (SSSR count). The molecule has 1 N–H and O–H groups in total. The monoisotopic (exact) mass is 396 g/mol. The first-order valence-corrected chi connectivity index (χ1v) is 9.81. The first-order valence-electron chi connectivity index (χ1n) is 9.81. The van der Waals surface area contributed by atoms with E-state index in [1.54, 1.807) is 7.05 Å². The van der Waals surface area contributed by atoms with Crippen molar-refractivity contribution in [1.29, 1.82) is 5.26 Å². The number of hydrogen-bond donors (Lipinski definition) is 1. The van der Waals surface area contributed by atoms with E-state index in [4.69, 9.17) is 9.47 Å². The van der Waals surface area contributed by atoms with Gasteiger partial charge in [0, 0.05) is 26.1 Å². The van der Waals surface area contributed by atoms with Crippen molar-refractivity contribution in [3.63, 3.8) is 0 Å². The van der Waals surface area contributed by atoms with Gasteiger partial charge in [-0.25, -0.2) is 4.79 Å². The summed E-state index contributed by atoms with van der Waals surface area (Å²) >= 11 is 0. The summed E-state index contributed by atoms with van der Waals surface area (Å²) in [5, 5.41) is 12.8. The van der Waals surface area contributed by atoms with Gasteiger partial charge in [0.15, 0.2) is 17.1 Å². The Morgan fingerprint density at radius 1 is 1.10 bits per heavy atom. The highest BCUT2D eigenvalue weighted by Crippen LogP contribution is 2.43. The highest BCUT2D eigenvalue weighted by molar-refractivity contribution is 5.53. The molecule has 29 heavy (non-hydrogen) atoms. The maximum Gasteiger partial charge on any atom is 0.332 e. The SMILES string of the molecule is Cn1c(NCC2(c3ccc4c(c3)OCO4)CCCCC2)c(C#N)c(=O)n(C)c1=O. The summed E-state index contributed by atoms with van der Waals surface area (Å²) in [4.78, 5) is 24.7. The fraction of sp³-hybridized carbons (Fsp3) is 0.476. The molecule has 0 saturated heterocycles. The molecule has 0 atom stereocenters. The largest absolute Gasteiger partial charge is 0.454 e. The van der Waals surface area contributed by atoms with Crippen LogP contribution in [0, 0.1) is 11.3 Å². The Morgan fingerprint density at radius 3 is 2.55 bits per heavy atom. The number of hydrogen-bond acceptors (Lipinski definition) is 6. The molecule has 1 aromatic carbocycles. The van der Waals surface area contributed by atoms with Gasteiger partial charge in [0.1, 0.15) is 11.9 Å². The van der Waals surface area contributed by atoms with Crippen LogP contribution in [-0.2, 0) is 19.5 Å². The Kier molecular flexibility index (Phi) is 4.82. The van der Waals surface area contributed by atoms with Crippen molar-refractivity contribution in [2.75, 3.05) is 18.7 Å². The number of fused-ring (bicyclic) bond motifs is 1. The van der Waals surface area contributed by atoms with E-state index in [0.717, 1.165) is 47.3 Å². The van der Waals surface area contributed by atoms with Gasteiger partial charge in [-0.1, -0.05) is 25.3 Å². The molecular weight excluding hydrogens is 372 g/mol. The van der Waals surface area contributed by atoms with Crippen molar-refractivity contribution < 1.29 is 9.47 Å². The smallest absolute Gasteiger partial charge is 0.332 e. The number of nitriles is 1. The fourth-order valence-electron chi connectivity index (χ4n) is 4.43. The van der Waals surface area contributed by atoms with Gasteiger partial charge in [-0.2, -0.15) is 5.26 Å². The van der Waals surface area contributed by atoms with Crippen molar-refractivity contribution in [3.8, 4) is 17.6 Å². The predicted molar refractivity (Wildman–Crippen MR) is 107 cm³/mol. The number of nitrogens with zero attached hydrogens (tertiary/aromatic N) is 3. The van der Waals surface area contributed by atoms with Crippen LogP contribution in [0.25, 0.3) is 0 Å². The van der Waals surface area contributed by atoms with Gasteiger partial charge < -0.3 is 14.8 Å². The zero-order valence-electron chi connectivity index (χ0n) is 16.7. The normalized spacial score (nSPS) is 17.0. The van der Waals surface area contributed by atoms with Gasteiger partial charge in [-0.3, -0.25) is 13.9 Å².